The van der Waals surface area contributed by atoms with Gasteiger partial charge in [-0.3, -0.25) is 10.1 Å². The predicted octanol–water partition coefficient (Wildman–Crippen LogP) is 4.01. The minimum Gasteiger partial charge on any atom is -0.489 e. The van der Waals surface area contributed by atoms with Crippen LogP contribution in [0.15, 0.2) is 88.7 Å². The Morgan fingerprint density at radius 1 is 0.846 bits per heavy atom. The van der Waals surface area contributed by atoms with Crippen LogP contribution in [0, 0.1) is 10.1 Å². The molecule has 0 N–H and O–H groups in total. The summed E-state index contributed by atoms with van der Waals surface area (Å²) in [6, 6.07) is 20.4. The second kappa shape index (κ2) is 7.37. The number of sulfone groups is 1. The topological polar surface area (TPSA) is 86.5 Å². The Morgan fingerprint density at radius 3 is 2.15 bits per heavy atom. The summed E-state index contributed by atoms with van der Waals surface area (Å²) in [7, 11) is -3.57. The number of non-ortho nitro benzene ring substituents is 1. The first-order valence-electron chi connectivity index (χ1n) is 7.73. The SMILES string of the molecule is O=[N+]([O-])c1cccc(COc2ccc(S(=O)(=O)c3ccccc3)cc2)c1. The summed E-state index contributed by atoms with van der Waals surface area (Å²) in [6.07, 6.45) is 0. The van der Waals surface area contributed by atoms with E-state index in [0.29, 0.717) is 11.3 Å². The zero-order chi connectivity index (χ0) is 18.6. The maximum Gasteiger partial charge on any atom is 0.269 e. The highest BCUT2D eigenvalue weighted by molar-refractivity contribution is 7.91. The molecule has 6 nitrogen and oxygen atoms in total. The summed E-state index contributed by atoms with van der Waals surface area (Å²) >= 11 is 0. The Morgan fingerprint density at radius 2 is 1.50 bits per heavy atom. The fraction of sp³-hybridized carbons (Fsp3) is 0.0526. The summed E-state index contributed by atoms with van der Waals surface area (Å²) in [5, 5.41) is 10.8. The Kier molecular flexibility index (Phi) is 4.99. The van der Waals surface area contributed by atoms with Gasteiger partial charge in [-0.05, 0) is 42.0 Å². The van der Waals surface area contributed by atoms with Crippen LogP contribution in [0.1, 0.15) is 5.56 Å². The number of nitro benzene ring substituents is 1. The van der Waals surface area contributed by atoms with Gasteiger partial charge in [-0.15, -0.1) is 0 Å². The Labute approximate surface area is 150 Å². The molecule has 0 aliphatic carbocycles. The van der Waals surface area contributed by atoms with Crippen LogP contribution in [0.25, 0.3) is 0 Å². The van der Waals surface area contributed by atoms with Crippen molar-refractivity contribution < 1.29 is 18.1 Å². The first-order chi connectivity index (χ1) is 12.5. The van der Waals surface area contributed by atoms with E-state index in [1.165, 1.54) is 24.3 Å². The molecule has 0 bridgehead atoms. The van der Waals surface area contributed by atoms with E-state index < -0.39 is 14.8 Å². The van der Waals surface area contributed by atoms with E-state index in [4.69, 9.17) is 4.74 Å². The average Bonchev–Trinajstić information content (AvgIpc) is 2.67. The van der Waals surface area contributed by atoms with Gasteiger partial charge >= 0.3 is 0 Å². The molecule has 132 valence electrons. The lowest BCUT2D eigenvalue weighted by molar-refractivity contribution is -0.384. The van der Waals surface area contributed by atoms with Crippen LogP contribution >= 0.6 is 0 Å². The van der Waals surface area contributed by atoms with Gasteiger partial charge in [0.25, 0.3) is 5.69 Å². The molecule has 3 aromatic rings. The van der Waals surface area contributed by atoms with Crippen LogP contribution in [0.5, 0.6) is 5.75 Å². The molecule has 0 radical (unpaired) electrons. The average molecular weight is 369 g/mol. The van der Waals surface area contributed by atoms with Crippen LogP contribution in [-0.4, -0.2) is 13.3 Å². The minimum atomic E-state index is -3.57. The van der Waals surface area contributed by atoms with Crippen molar-refractivity contribution >= 4 is 15.5 Å². The highest BCUT2D eigenvalue weighted by Gasteiger charge is 2.17. The molecular weight excluding hydrogens is 354 g/mol. The van der Waals surface area contributed by atoms with Gasteiger partial charge < -0.3 is 4.74 Å². The maximum atomic E-state index is 12.5. The zero-order valence-corrected chi connectivity index (χ0v) is 14.4. The largest absolute Gasteiger partial charge is 0.489 e. The van der Waals surface area contributed by atoms with Gasteiger partial charge in [0.1, 0.15) is 12.4 Å². The molecule has 0 atom stereocenters. The highest BCUT2D eigenvalue weighted by atomic mass is 32.2. The van der Waals surface area contributed by atoms with E-state index in [1.54, 1.807) is 54.6 Å². The molecule has 0 unspecified atom stereocenters. The first-order valence-corrected chi connectivity index (χ1v) is 9.21. The maximum absolute atomic E-state index is 12.5. The van der Waals surface area contributed by atoms with Crippen LogP contribution in [-0.2, 0) is 16.4 Å². The second-order valence-corrected chi connectivity index (χ2v) is 7.45. The number of benzene rings is 3. The second-order valence-electron chi connectivity index (χ2n) is 5.50. The number of hydrogen-bond acceptors (Lipinski definition) is 5. The molecule has 0 heterocycles. The van der Waals surface area contributed by atoms with E-state index in [2.05, 4.69) is 0 Å². The smallest absolute Gasteiger partial charge is 0.269 e. The van der Waals surface area contributed by atoms with Gasteiger partial charge in [0.15, 0.2) is 0 Å². The van der Waals surface area contributed by atoms with Gasteiger partial charge in [-0.2, -0.15) is 0 Å². The normalized spacial score (nSPS) is 11.1. The molecular formula is C19H15NO5S. The number of nitrogens with zero attached hydrogens (tertiary/aromatic N) is 1. The van der Waals surface area contributed by atoms with E-state index in [1.807, 2.05) is 0 Å². The third-order valence-electron chi connectivity index (χ3n) is 3.71. The minimum absolute atomic E-state index is 0.00426. The number of ether oxygens (including phenoxy) is 1. The zero-order valence-electron chi connectivity index (χ0n) is 13.6. The fourth-order valence-electron chi connectivity index (χ4n) is 2.38. The molecule has 26 heavy (non-hydrogen) atoms. The molecule has 0 spiro atoms. The van der Waals surface area contributed by atoms with Gasteiger partial charge in [-0.25, -0.2) is 8.42 Å². The van der Waals surface area contributed by atoms with E-state index >= 15 is 0 Å². The van der Waals surface area contributed by atoms with E-state index in [9.17, 15) is 18.5 Å². The van der Waals surface area contributed by atoms with Crippen molar-refractivity contribution in [2.24, 2.45) is 0 Å². The van der Waals surface area contributed by atoms with Crippen LogP contribution in [0.4, 0.5) is 5.69 Å². The summed E-state index contributed by atoms with van der Waals surface area (Å²) in [6.45, 7) is 0.145. The van der Waals surface area contributed by atoms with Crippen molar-refractivity contribution in [1.29, 1.82) is 0 Å². The van der Waals surface area contributed by atoms with Gasteiger partial charge in [0, 0.05) is 12.1 Å². The van der Waals surface area contributed by atoms with E-state index in [0.717, 1.165) is 0 Å². The van der Waals surface area contributed by atoms with E-state index in [-0.39, 0.29) is 22.1 Å². The molecule has 3 rings (SSSR count). The Balaban J connectivity index is 1.72. The quantitative estimate of drug-likeness (QED) is 0.484. The van der Waals surface area contributed by atoms with Crippen molar-refractivity contribution in [2.45, 2.75) is 16.4 Å². The van der Waals surface area contributed by atoms with Crippen molar-refractivity contribution in [1.82, 2.24) is 0 Å². The summed E-state index contributed by atoms with van der Waals surface area (Å²) < 4.78 is 30.6. The molecule has 0 aliphatic heterocycles. The first kappa shape index (κ1) is 17.6. The Bertz CT molecular complexity index is 1020. The number of nitro groups is 1. The van der Waals surface area contributed by atoms with Crippen molar-refractivity contribution in [3.05, 3.63) is 94.5 Å². The molecule has 0 fully saturated rings. The molecule has 0 aromatic heterocycles. The summed E-state index contributed by atoms with van der Waals surface area (Å²) in [5.74, 6) is 0.475. The summed E-state index contributed by atoms with van der Waals surface area (Å²) in [4.78, 5) is 10.7. The molecule has 0 amide bonds. The predicted molar refractivity (Wildman–Crippen MR) is 95.8 cm³/mol. The monoisotopic (exact) mass is 369 g/mol. The fourth-order valence-corrected chi connectivity index (χ4v) is 3.66. The highest BCUT2D eigenvalue weighted by Crippen LogP contribution is 2.23. The van der Waals surface area contributed by atoms with Crippen LogP contribution in [0.3, 0.4) is 0 Å². The van der Waals surface area contributed by atoms with Gasteiger partial charge in [-0.1, -0.05) is 30.3 Å². The molecule has 7 heteroatoms. The van der Waals surface area contributed by atoms with Crippen molar-refractivity contribution in [3.8, 4) is 5.75 Å². The lowest BCUT2D eigenvalue weighted by atomic mass is 10.2. The third kappa shape index (κ3) is 3.89. The lowest BCUT2D eigenvalue weighted by Crippen LogP contribution is -2.02. The summed E-state index contributed by atoms with van der Waals surface area (Å²) in [5.41, 5.74) is 0.649. The van der Waals surface area contributed by atoms with Crippen LogP contribution < -0.4 is 4.74 Å². The molecule has 0 saturated heterocycles. The standard InChI is InChI=1S/C19H15NO5S/c21-20(22)16-6-4-5-15(13-16)14-25-17-9-11-19(12-10-17)26(23,24)18-7-2-1-3-8-18/h1-13H,14H2. The number of rotatable bonds is 6. The Hall–Kier alpha value is -3.19. The van der Waals surface area contributed by atoms with Crippen molar-refractivity contribution in [2.75, 3.05) is 0 Å². The number of hydrogen-bond donors (Lipinski definition) is 0. The van der Waals surface area contributed by atoms with Crippen LogP contribution in [0.2, 0.25) is 0 Å². The van der Waals surface area contributed by atoms with Gasteiger partial charge in [0.2, 0.25) is 9.84 Å². The molecule has 3 aromatic carbocycles. The third-order valence-corrected chi connectivity index (χ3v) is 5.50. The van der Waals surface area contributed by atoms with Crippen molar-refractivity contribution in [3.63, 3.8) is 0 Å². The molecule has 0 aliphatic rings. The van der Waals surface area contributed by atoms with Gasteiger partial charge in [0.05, 0.1) is 14.7 Å². The molecule has 0 saturated carbocycles. The lowest BCUT2D eigenvalue weighted by Gasteiger charge is -2.08.